The zero-order valence-corrected chi connectivity index (χ0v) is 6.30. The average Bonchev–Trinajstić information content (AvgIpc) is 1.19. The van der Waals surface area contributed by atoms with Crippen LogP contribution >= 0.6 is 0 Å². The van der Waals surface area contributed by atoms with Gasteiger partial charge in [-0.3, -0.25) is 0 Å². The molecule has 0 radical (unpaired) electrons. The molecule has 0 unspecified atom stereocenters. The summed E-state index contributed by atoms with van der Waals surface area (Å²) < 4.78 is 31.9. The van der Waals surface area contributed by atoms with Crippen LogP contribution in [0.3, 0.4) is 0 Å². The van der Waals surface area contributed by atoms with Gasteiger partial charge in [0.2, 0.25) is 0 Å². The fourth-order valence-corrected chi connectivity index (χ4v) is 0. The van der Waals surface area contributed by atoms with Gasteiger partial charge >= 0.3 is 29.5 Å². The first-order valence-electron chi connectivity index (χ1n) is 1.90. The van der Waals surface area contributed by atoms with Gasteiger partial charge in [0.15, 0.2) is 0 Å². The first-order chi connectivity index (χ1) is 3.73. The SMILES string of the molecule is CC(C)=O.[O]=[Cr](=[O])([OH])[OH]. The van der Waals surface area contributed by atoms with E-state index >= 15 is 0 Å². The van der Waals surface area contributed by atoms with E-state index in [1.165, 1.54) is 13.8 Å². The normalized spacial score (nSPS) is 9.33. The van der Waals surface area contributed by atoms with Crippen LogP contribution in [-0.2, 0) is 26.0 Å². The van der Waals surface area contributed by atoms with Gasteiger partial charge in [0.05, 0.1) is 0 Å². The third-order valence-corrected chi connectivity index (χ3v) is 0. The molecule has 0 saturated carbocycles. The molecule has 0 aromatic rings. The zero-order chi connectivity index (χ0) is 8.08. The average molecular weight is 176 g/mol. The van der Waals surface area contributed by atoms with E-state index in [2.05, 4.69) is 0 Å². The number of ketones is 1. The van der Waals surface area contributed by atoms with E-state index in [4.69, 9.17) is 15.9 Å². The molecule has 0 bridgehead atoms. The van der Waals surface area contributed by atoms with Gasteiger partial charge in [-0.2, -0.15) is 0 Å². The maximum absolute atomic E-state index is 9.44. The van der Waals surface area contributed by atoms with Gasteiger partial charge < -0.3 is 4.79 Å². The molecule has 0 spiro atoms. The molecule has 0 amide bonds. The summed E-state index contributed by atoms with van der Waals surface area (Å²) in [7, 11) is 0. The molecule has 2 N–H and O–H groups in total. The fraction of sp³-hybridized carbons (Fsp3) is 0.667. The van der Waals surface area contributed by atoms with E-state index in [-0.39, 0.29) is 5.78 Å². The van der Waals surface area contributed by atoms with E-state index in [1.54, 1.807) is 0 Å². The van der Waals surface area contributed by atoms with Gasteiger partial charge in [0.1, 0.15) is 5.78 Å². The Kier molecular flexibility index (Phi) is 5.87. The van der Waals surface area contributed by atoms with Crippen molar-refractivity contribution in [2.24, 2.45) is 0 Å². The second kappa shape index (κ2) is 4.59. The summed E-state index contributed by atoms with van der Waals surface area (Å²) in [6, 6.07) is 0. The van der Waals surface area contributed by atoms with Crippen molar-refractivity contribution in [3.05, 3.63) is 0 Å². The summed E-state index contributed by atoms with van der Waals surface area (Å²) in [5, 5.41) is 0. The van der Waals surface area contributed by atoms with Crippen molar-refractivity contribution < 1.29 is 34.3 Å². The molecular formula is C3H8CrO5. The van der Waals surface area contributed by atoms with Crippen LogP contribution in [0.5, 0.6) is 0 Å². The first-order valence-corrected chi connectivity index (χ1v) is 4.08. The summed E-state index contributed by atoms with van der Waals surface area (Å²) in [5.41, 5.74) is 0. The van der Waals surface area contributed by atoms with Gasteiger partial charge in [0.25, 0.3) is 0 Å². The molecule has 0 saturated heterocycles. The van der Waals surface area contributed by atoms with Gasteiger partial charge in [-0.15, -0.1) is 0 Å². The Morgan fingerprint density at radius 2 is 1.22 bits per heavy atom. The fourth-order valence-electron chi connectivity index (χ4n) is 0. The topological polar surface area (TPSA) is 91.7 Å². The standard InChI is InChI=1S/C3H6O.Cr.2H2O.2O/c1-3(2)4;;;;;/h1-2H3;;2*1H2;;/q;+2;;;;/p-2. The number of hydrogen-bond donors (Lipinski definition) is 2. The maximum atomic E-state index is 9.44. The Balaban J connectivity index is 0. The van der Waals surface area contributed by atoms with Crippen molar-refractivity contribution in [2.45, 2.75) is 13.8 Å². The number of carbonyl (C=O) groups excluding carboxylic acids is 1. The van der Waals surface area contributed by atoms with Crippen LogP contribution in [-0.4, -0.2) is 14.1 Å². The molecule has 0 aromatic carbocycles. The molecule has 0 heterocycles. The van der Waals surface area contributed by atoms with Crippen LogP contribution in [0, 0.1) is 0 Å². The van der Waals surface area contributed by atoms with Crippen LogP contribution in [0.15, 0.2) is 0 Å². The van der Waals surface area contributed by atoms with Crippen molar-refractivity contribution >= 4 is 5.78 Å². The van der Waals surface area contributed by atoms with Gasteiger partial charge in [-0.1, -0.05) is 0 Å². The predicted molar refractivity (Wildman–Crippen MR) is 22.2 cm³/mol. The summed E-state index contributed by atoms with van der Waals surface area (Å²) in [5.74, 6) is 0.167. The molecular weight excluding hydrogens is 168 g/mol. The molecule has 56 valence electrons. The van der Waals surface area contributed by atoms with E-state index < -0.39 is 13.6 Å². The van der Waals surface area contributed by atoms with Gasteiger partial charge in [-0.05, 0) is 13.8 Å². The van der Waals surface area contributed by atoms with Crippen LogP contribution in [0.4, 0.5) is 0 Å². The Morgan fingerprint density at radius 3 is 1.22 bits per heavy atom. The number of hydrogen-bond acceptors (Lipinski definition) is 3. The molecule has 0 fully saturated rings. The second-order valence-electron chi connectivity index (χ2n) is 1.36. The Bertz CT molecular complexity index is 155. The van der Waals surface area contributed by atoms with E-state index in [0.29, 0.717) is 0 Å². The molecule has 0 aliphatic carbocycles. The van der Waals surface area contributed by atoms with Crippen LogP contribution < -0.4 is 0 Å². The van der Waals surface area contributed by atoms with Crippen molar-refractivity contribution in [3.63, 3.8) is 0 Å². The summed E-state index contributed by atoms with van der Waals surface area (Å²) in [4.78, 5) is 9.44. The summed E-state index contributed by atoms with van der Waals surface area (Å²) in [6.45, 7) is 3.06. The minimum atomic E-state index is -5.25. The Hall–Kier alpha value is -0.278. The molecule has 0 atom stereocenters. The molecule has 0 aliphatic rings. The van der Waals surface area contributed by atoms with Crippen LogP contribution in [0.25, 0.3) is 0 Å². The Morgan fingerprint density at radius 1 is 1.22 bits per heavy atom. The third kappa shape index (κ3) is 3280. The molecule has 9 heavy (non-hydrogen) atoms. The first kappa shape index (κ1) is 11.5. The van der Waals surface area contributed by atoms with E-state index in [0.717, 1.165) is 0 Å². The van der Waals surface area contributed by atoms with Crippen LogP contribution in [0.2, 0.25) is 0 Å². The summed E-state index contributed by atoms with van der Waals surface area (Å²) in [6.07, 6.45) is 0. The van der Waals surface area contributed by atoms with Crippen molar-refractivity contribution in [2.75, 3.05) is 0 Å². The molecule has 0 rings (SSSR count). The quantitative estimate of drug-likeness (QED) is 0.506. The minimum absolute atomic E-state index is 0.167. The van der Waals surface area contributed by atoms with Gasteiger partial charge in [-0.25, -0.2) is 0 Å². The molecule has 5 nitrogen and oxygen atoms in total. The number of rotatable bonds is 0. The molecule has 0 aliphatic heterocycles. The summed E-state index contributed by atoms with van der Waals surface area (Å²) >= 11 is -5.25. The monoisotopic (exact) mass is 176 g/mol. The van der Waals surface area contributed by atoms with Crippen molar-refractivity contribution in [1.29, 1.82) is 0 Å². The molecule has 0 aromatic heterocycles. The molecule has 6 heteroatoms. The predicted octanol–water partition coefficient (Wildman–Crippen LogP) is -0.759. The Labute approximate surface area is 54.7 Å². The van der Waals surface area contributed by atoms with Gasteiger partial charge in [0, 0.05) is 0 Å². The van der Waals surface area contributed by atoms with Crippen LogP contribution in [0.1, 0.15) is 13.8 Å². The number of Topliss-reactive ketones (excluding diaryl/α,β-unsaturated/α-hetero) is 1. The van der Waals surface area contributed by atoms with Crippen molar-refractivity contribution in [1.82, 2.24) is 0 Å². The van der Waals surface area contributed by atoms with E-state index in [1.807, 2.05) is 0 Å². The third-order valence-electron chi connectivity index (χ3n) is 0. The zero-order valence-electron chi connectivity index (χ0n) is 5.03. The van der Waals surface area contributed by atoms with Crippen molar-refractivity contribution in [3.8, 4) is 0 Å². The number of carbonyl (C=O) groups is 1. The van der Waals surface area contributed by atoms with E-state index in [9.17, 15) is 4.79 Å². The second-order valence-corrected chi connectivity index (χ2v) is 2.75.